The standard InChI is InChI=1S/C12H14N4O4/c1-12(2,3)20-11(17)15(4)10-8(6-13)5-9(7-14-10)16(18)19/h5,7H,1-4H3. The highest BCUT2D eigenvalue weighted by atomic mass is 16.6. The maximum Gasteiger partial charge on any atom is 0.415 e. The summed E-state index contributed by atoms with van der Waals surface area (Å²) in [6.07, 6.45) is 0.284. The van der Waals surface area contributed by atoms with Crippen LogP contribution in [0, 0.1) is 21.4 Å². The van der Waals surface area contributed by atoms with E-state index in [1.807, 2.05) is 0 Å². The number of hydrogen-bond acceptors (Lipinski definition) is 6. The van der Waals surface area contributed by atoms with Crippen LogP contribution in [0.15, 0.2) is 12.3 Å². The zero-order valence-electron chi connectivity index (χ0n) is 11.6. The molecule has 1 heterocycles. The van der Waals surface area contributed by atoms with E-state index in [9.17, 15) is 14.9 Å². The molecule has 0 aromatic carbocycles. The van der Waals surface area contributed by atoms with Crippen molar-refractivity contribution < 1.29 is 14.5 Å². The van der Waals surface area contributed by atoms with E-state index in [1.54, 1.807) is 26.8 Å². The molecule has 0 radical (unpaired) electrons. The summed E-state index contributed by atoms with van der Waals surface area (Å²) in [4.78, 5) is 26.6. The number of hydrogen-bond donors (Lipinski definition) is 0. The first kappa shape index (κ1) is 15.4. The summed E-state index contributed by atoms with van der Waals surface area (Å²) < 4.78 is 5.13. The highest BCUT2D eigenvalue weighted by molar-refractivity contribution is 5.87. The molecule has 1 aromatic heterocycles. The molecule has 0 aliphatic rings. The molecule has 0 fully saturated rings. The van der Waals surface area contributed by atoms with Gasteiger partial charge in [-0.05, 0) is 20.8 Å². The number of nitrogens with zero attached hydrogens (tertiary/aromatic N) is 4. The Balaban J connectivity index is 3.11. The van der Waals surface area contributed by atoms with Crippen LogP contribution < -0.4 is 4.90 Å². The lowest BCUT2D eigenvalue weighted by atomic mass is 10.2. The molecule has 1 rings (SSSR count). The van der Waals surface area contributed by atoms with Gasteiger partial charge in [0.2, 0.25) is 0 Å². The van der Waals surface area contributed by atoms with Crippen molar-refractivity contribution in [1.29, 1.82) is 5.26 Å². The molecule has 0 unspecified atom stereocenters. The van der Waals surface area contributed by atoms with Gasteiger partial charge in [0.05, 0.1) is 4.92 Å². The minimum atomic E-state index is -0.699. The highest BCUT2D eigenvalue weighted by Gasteiger charge is 2.24. The zero-order valence-corrected chi connectivity index (χ0v) is 11.6. The van der Waals surface area contributed by atoms with Crippen LogP contribution in [0.25, 0.3) is 0 Å². The van der Waals surface area contributed by atoms with E-state index in [4.69, 9.17) is 10.00 Å². The molecular formula is C12H14N4O4. The molecule has 8 nitrogen and oxygen atoms in total. The minimum absolute atomic E-state index is 0.00681. The predicted molar refractivity (Wildman–Crippen MR) is 70.2 cm³/mol. The topological polar surface area (TPSA) is 109 Å². The van der Waals surface area contributed by atoms with Gasteiger partial charge in [0.15, 0.2) is 5.82 Å². The first-order valence-electron chi connectivity index (χ1n) is 5.67. The van der Waals surface area contributed by atoms with E-state index < -0.39 is 16.6 Å². The number of aromatic nitrogens is 1. The number of carbonyl (C=O) groups is 1. The molecule has 0 aliphatic heterocycles. The Kier molecular flexibility index (Phi) is 4.24. The van der Waals surface area contributed by atoms with E-state index in [0.29, 0.717) is 0 Å². The van der Waals surface area contributed by atoms with E-state index >= 15 is 0 Å². The largest absolute Gasteiger partial charge is 0.443 e. The third-order valence-electron chi connectivity index (χ3n) is 2.17. The monoisotopic (exact) mass is 278 g/mol. The number of amides is 1. The van der Waals surface area contributed by atoms with Crippen LogP contribution in [-0.2, 0) is 4.74 Å². The molecular weight excluding hydrogens is 264 g/mol. The second kappa shape index (κ2) is 5.52. The van der Waals surface area contributed by atoms with Gasteiger partial charge in [-0.15, -0.1) is 0 Å². The van der Waals surface area contributed by atoms with Crippen molar-refractivity contribution in [1.82, 2.24) is 4.98 Å². The number of nitro groups is 1. The van der Waals surface area contributed by atoms with Crippen molar-refractivity contribution >= 4 is 17.6 Å². The Morgan fingerprint density at radius 2 is 2.15 bits per heavy atom. The third kappa shape index (κ3) is 3.65. The van der Waals surface area contributed by atoms with Crippen molar-refractivity contribution in [2.75, 3.05) is 11.9 Å². The highest BCUT2D eigenvalue weighted by Crippen LogP contribution is 2.22. The summed E-state index contributed by atoms with van der Waals surface area (Å²) in [5.74, 6) is 0.00681. The van der Waals surface area contributed by atoms with E-state index in [0.717, 1.165) is 17.2 Å². The first-order valence-corrected chi connectivity index (χ1v) is 5.67. The summed E-state index contributed by atoms with van der Waals surface area (Å²) in [7, 11) is 1.38. The summed E-state index contributed by atoms with van der Waals surface area (Å²) in [6, 6.07) is 2.83. The lowest BCUT2D eigenvalue weighted by Crippen LogP contribution is -2.35. The van der Waals surface area contributed by atoms with Crippen molar-refractivity contribution in [3.63, 3.8) is 0 Å². The van der Waals surface area contributed by atoms with Gasteiger partial charge in [-0.1, -0.05) is 0 Å². The van der Waals surface area contributed by atoms with E-state index in [1.165, 1.54) is 7.05 Å². The maximum absolute atomic E-state index is 11.9. The average Bonchev–Trinajstić information content (AvgIpc) is 2.34. The van der Waals surface area contributed by atoms with Gasteiger partial charge in [-0.3, -0.25) is 15.0 Å². The normalized spacial score (nSPS) is 10.6. The number of rotatable bonds is 2. The predicted octanol–water partition coefficient (Wildman–Crippen LogP) is 2.23. The molecule has 0 aliphatic carbocycles. The second-order valence-corrected chi connectivity index (χ2v) is 4.97. The maximum atomic E-state index is 11.9. The zero-order chi connectivity index (χ0) is 15.5. The van der Waals surface area contributed by atoms with Gasteiger partial charge in [0.1, 0.15) is 23.4 Å². The fourth-order valence-corrected chi connectivity index (χ4v) is 1.31. The molecule has 1 aromatic rings. The van der Waals surface area contributed by atoms with Crippen LogP contribution in [0.3, 0.4) is 0 Å². The molecule has 20 heavy (non-hydrogen) atoms. The van der Waals surface area contributed by atoms with Crippen molar-refractivity contribution in [2.24, 2.45) is 0 Å². The minimum Gasteiger partial charge on any atom is -0.443 e. The molecule has 8 heteroatoms. The number of ether oxygens (including phenoxy) is 1. The number of nitriles is 1. The Labute approximate surface area is 115 Å². The van der Waals surface area contributed by atoms with Gasteiger partial charge in [0.25, 0.3) is 5.69 Å². The van der Waals surface area contributed by atoms with Crippen molar-refractivity contribution in [3.8, 4) is 6.07 Å². The van der Waals surface area contributed by atoms with Gasteiger partial charge in [0, 0.05) is 13.1 Å². The lowest BCUT2D eigenvalue weighted by molar-refractivity contribution is -0.385. The molecule has 0 saturated carbocycles. The van der Waals surface area contributed by atoms with E-state index in [2.05, 4.69) is 4.98 Å². The van der Waals surface area contributed by atoms with E-state index in [-0.39, 0.29) is 17.1 Å². The number of anilines is 1. The van der Waals surface area contributed by atoms with Gasteiger partial charge in [-0.2, -0.15) is 5.26 Å². The van der Waals surface area contributed by atoms with Crippen LogP contribution in [0.4, 0.5) is 16.3 Å². The Hall–Kier alpha value is -2.69. The first-order chi connectivity index (χ1) is 9.15. The average molecular weight is 278 g/mol. The van der Waals surface area contributed by atoms with Gasteiger partial charge >= 0.3 is 6.09 Å². The summed E-state index contributed by atoms with van der Waals surface area (Å²) >= 11 is 0. The van der Waals surface area contributed by atoms with Gasteiger partial charge in [-0.25, -0.2) is 9.78 Å². The Bertz CT molecular complexity index is 586. The summed E-state index contributed by atoms with van der Waals surface area (Å²) in [5.41, 5.74) is -1.09. The summed E-state index contributed by atoms with van der Waals surface area (Å²) in [5, 5.41) is 19.6. The number of pyridine rings is 1. The van der Waals surface area contributed by atoms with Gasteiger partial charge < -0.3 is 4.74 Å². The molecule has 1 amide bonds. The molecule has 106 valence electrons. The van der Waals surface area contributed by atoms with Crippen molar-refractivity contribution in [3.05, 3.63) is 27.9 Å². The fraction of sp³-hybridized carbons (Fsp3) is 0.417. The molecule has 0 spiro atoms. The molecule has 0 saturated heterocycles. The van der Waals surface area contributed by atoms with Crippen LogP contribution in [-0.4, -0.2) is 28.6 Å². The van der Waals surface area contributed by atoms with Crippen molar-refractivity contribution in [2.45, 2.75) is 26.4 Å². The van der Waals surface area contributed by atoms with Crippen LogP contribution >= 0.6 is 0 Å². The Morgan fingerprint density at radius 3 is 2.60 bits per heavy atom. The quantitative estimate of drug-likeness (QED) is 0.606. The molecule has 0 N–H and O–H groups in total. The van der Waals surface area contributed by atoms with Crippen LogP contribution in [0.2, 0.25) is 0 Å². The smallest absolute Gasteiger partial charge is 0.415 e. The van der Waals surface area contributed by atoms with Crippen LogP contribution in [0.1, 0.15) is 26.3 Å². The molecule has 0 bridgehead atoms. The SMILES string of the molecule is CN(C(=O)OC(C)(C)C)c1ncc([N+](=O)[O-])cc1C#N. The lowest BCUT2D eigenvalue weighted by Gasteiger charge is -2.24. The van der Waals surface area contributed by atoms with Crippen LogP contribution in [0.5, 0.6) is 0 Å². The third-order valence-corrected chi connectivity index (χ3v) is 2.17. The fourth-order valence-electron chi connectivity index (χ4n) is 1.31. The second-order valence-electron chi connectivity index (χ2n) is 4.97. The number of carbonyl (C=O) groups excluding carboxylic acids is 1. The molecule has 0 atom stereocenters. The Morgan fingerprint density at radius 1 is 1.55 bits per heavy atom. The summed E-state index contributed by atoms with van der Waals surface area (Å²) in [6.45, 7) is 5.10.